The number of nitro groups is 1. The summed E-state index contributed by atoms with van der Waals surface area (Å²) < 4.78 is 37.6. The average molecular weight is 627 g/mol. The predicted octanol–water partition coefficient (Wildman–Crippen LogP) is 2.34. The highest BCUT2D eigenvalue weighted by atomic mass is 32.2. The van der Waals surface area contributed by atoms with E-state index >= 15 is 0 Å². The van der Waals surface area contributed by atoms with Gasteiger partial charge in [-0.25, -0.2) is 17.9 Å². The molecule has 0 spiro atoms. The largest absolute Gasteiger partial charge is 0.480 e. The summed E-state index contributed by atoms with van der Waals surface area (Å²) in [6, 6.07) is 19.9. The van der Waals surface area contributed by atoms with Gasteiger partial charge in [-0.15, -0.1) is 0 Å². The van der Waals surface area contributed by atoms with Gasteiger partial charge >= 0.3 is 12.1 Å². The minimum Gasteiger partial charge on any atom is -0.480 e. The number of nitro benzene ring substituents is 1. The molecule has 3 aromatic rings. The normalized spacial score (nSPS) is 12.2. The SMILES string of the molecule is O=C(O)CN(CC(=O)NCCOCCNS(=O)(=O)c1ccc([N+](=O)[O-])cc1)C(=O)OCC1c2ccccc2-c2ccccc21. The number of carbonyl (C=O) groups is 3. The van der Waals surface area contributed by atoms with Crippen molar-refractivity contribution in [2.75, 3.05) is 46.0 Å². The number of fused-ring (bicyclic) bond motifs is 3. The molecule has 0 aliphatic heterocycles. The third-order valence-electron chi connectivity index (χ3n) is 6.72. The van der Waals surface area contributed by atoms with Gasteiger partial charge in [0.25, 0.3) is 5.69 Å². The summed E-state index contributed by atoms with van der Waals surface area (Å²) in [7, 11) is -3.90. The number of amides is 2. The van der Waals surface area contributed by atoms with Crippen molar-refractivity contribution in [3.63, 3.8) is 0 Å². The van der Waals surface area contributed by atoms with E-state index in [0.717, 1.165) is 51.4 Å². The van der Waals surface area contributed by atoms with Gasteiger partial charge in [-0.05, 0) is 34.4 Å². The number of benzene rings is 3. The molecular formula is C29H30N4O10S. The molecule has 0 saturated carbocycles. The second-order valence-corrected chi connectivity index (χ2v) is 11.4. The van der Waals surface area contributed by atoms with E-state index in [-0.39, 0.29) is 49.4 Å². The monoisotopic (exact) mass is 626 g/mol. The van der Waals surface area contributed by atoms with Crippen LogP contribution < -0.4 is 10.0 Å². The second-order valence-electron chi connectivity index (χ2n) is 9.66. The molecule has 0 saturated heterocycles. The number of ether oxygens (including phenoxy) is 2. The maximum atomic E-state index is 12.8. The Morgan fingerprint density at radius 1 is 0.886 bits per heavy atom. The number of aliphatic carboxylic acids is 1. The van der Waals surface area contributed by atoms with Gasteiger partial charge in [0.1, 0.15) is 19.7 Å². The lowest BCUT2D eigenvalue weighted by atomic mass is 9.98. The Balaban J connectivity index is 1.19. The fraction of sp³-hybridized carbons (Fsp3) is 0.276. The fourth-order valence-corrected chi connectivity index (χ4v) is 5.72. The molecule has 0 fully saturated rings. The summed E-state index contributed by atoms with van der Waals surface area (Å²) >= 11 is 0. The third kappa shape index (κ3) is 8.15. The lowest BCUT2D eigenvalue weighted by Gasteiger charge is -2.21. The quantitative estimate of drug-likeness (QED) is 0.128. The van der Waals surface area contributed by atoms with Crippen molar-refractivity contribution in [2.24, 2.45) is 0 Å². The summed E-state index contributed by atoms with van der Waals surface area (Å²) in [6.45, 7) is -1.44. The van der Waals surface area contributed by atoms with Gasteiger partial charge in [0.2, 0.25) is 15.9 Å². The highest BCUT2D eigenvalue weighted by Crippen LogP contribution is 2.44. The maximum absolute atomic E-state index is 12.8. The van der Waals surface area contributed by atoms with Crippen LogP contribution in [0.3, 0.4) is 0 Å². The van der Waals surface area contributed by atoms with Crippen molar-refractivity contribution in [1.82, 2.24) is 14.9 Å². The van der Waals surface area contributed by atoms with E-state index in [9.17, 15) is 38.0 Å². The topological polar surface area (TPSA) is 194 Å². The summed E-state index contributed by atoms with van der Waals surface area (Å²) in [6.07, 6.45) is -0.944. The number of carboxylic acids is 1. The summed E-state index contributed by atoms with van der Waals surface area (Å²) in [4.78, 5) is 47.3. The Bertz CT molecular complexity index is 1580. The molecule has 0 radical (unpaired) electrons. The number of rotatable bonds is 15. The van der Waals surface area contributed by atoms with Crippen LogP contribution in [-0.4, -0.2) is 87.3 Å². The molecule has 3 aromatic carbocycles. The molecule has 0 atom stereocenters. The third-order valence-corrected chi connectivity index (χ3v) is 8.20. The van der Waals surface area contributed by atoms with Gasteiger partial charge in [0.05, 0.1) is 23.0 Å². The van der Waals surface area contributed by atoms with Crippen LogP contribution in [0.15, 0.2) is 77.7 Å². The van der Waals surface area contributed by atoms with E-state index < -0.39 is 46.0 Å². The standard InChI is InChI=1S/C29H30N4O10S/c34-27(30-13-15-42-16-14-31-44(40,41)21-11-9-20(10-12-21)33(38)39)17-32(18-28(35)36)29(37)43-19-26-24-7-3-1-5-22(24)23-6-2-4-8-25(23)26/h1-12,26,31H,13-19H2,(H,30,34)(H,35,36). The first kappa shape index (κ1) is 32.1. The van der Waals surface area contributed by atoms with Crippen LogP contribution in [0.25, 0.3) is 11.1 Å². The zero-order valence-corrected chi connectivity index (χ0v) is 24.2. The minimum absolute atomic E-state index is 0.00880. The van der Waals surface area contributed by atoms with Crippen LogP contribution in [0, 0.1) is 10.1 Å². The number of hydrogen-bond donors (Lipinski definition) is 3. The van der Waals surface area contributed by atoms with Crippen LogP contribution in [0.5, 0.6) is 0 Å². The van der Waals surface area contributed by atoms with E-state index in [0.29, 0.717) is 0 Å². The number of nitrogens with one attached hydrogen (secondary N) is 2. The van der Waals surface area contributed by atoms with E-state index in [1.165, 1.54) is 0 Å². The first-order chi connectivity index (χ1) is 21.1. The molecule has 232 valence electrons. The Morgan fingerprint density at radius 2 is 1.48 bits per heavy atom. The van der Waals surface area contributed by atoms with Crippen molar-refractivity contribution in [1.29, 1.82) is 0 Å². The van der Waals surface area contributed by atoms with Crippen LogP contribution in [0.2, 0.25) is 0 Å². The number of sulfonamides is 1. The van der Waals surface area contributed by atoms with Gasteiger partial charge in [0.15, 0.2) is 0 Å². The van der Waals surface area contributed by atoms with Crippen LogP contribution in [0.4, 0.5) is 10.5 Å². The molecule has 1 aliphatic rings. The summed E-state index contributed by atoms with van der Waals surface area (Å²) in [5.74, 6) is -2.18. The van der Waals surface area contributed by atoms with Gasteiger partial charge in [-0.2, -0.15) is 0 Å². The van der Waals surface area contributed by atoms with Crippen molar-refractivity contribution < 1.29 is 42.3 Å². The minimum atomic E-state index is -3.90. The molecule has 3 N–H and O–H groups in total. The number of nitrogens with zero attached hydrogens (tertiary/aromatic N) is 2. The number of carbonyl (C=O) groups excluding carboxylic acids is 2. The Labute approximate surface area is 252 Å². The zero-order valence-electron chi connectivity index (χ0n) is 23.4. The Morgan fingerprint density at radius 3 is 2.07 bits per heavy atom. The van der Waals surface area contributed by atoms with E-state index in [1.807, 2.05) is 48.5 Å². The second kappa shape index (κ2) is 14.5. The van der Waals surface area contributed by atoms with E-state index in [1.54, 1.807) is 0 Å². The van der Waals surface area contributed by atoms with E-state index in [2.05, 4.69) is 10.0 Å². The molecule has 14 nitrogen and oxygen atoms in total. The van der Waals surface area contributed by atoms with Crippen LogP contribution in [-0.2, 0) is 29.1 Å². The van der Waals surface area contributed by atoms with Crippen LogP contribution >= 0.6 is 0 Å². The van der Waals surface area contributed by atoms with Crippen molar-refractivity contribution in [2.45, 2.75) is 10.8 Å². The summed E-state index contributed by atoms with van der Waals surface area (Å²) in [5.41, 5.74) is 3.81. The molecule has 15 heteroatoms. The first-order valence-electron chi connectivity index (χ1n) is 13.5. The number of hydrogen-bond acceptors (Lipinski definition) is 9. The smallest absolute Gasteiger partial charge is 0.410 e. The molecule has 2 amide bonds. The summed E-state index contributed by atoms with van der Waals surface area (Å²) in [5, 5.41) is 22.5. The van der Waals surface area contributed by atoms with E-state index in [4.69, 9.17) is 9.47 Å². The predicted molar refractivity (Wildman–Crippen MR) is 156 cm³/mol. The lowest BCUT2D eigenvalue weighted by molar-refractivity contribution is -0.384. The highest BCUT2D eigenvalue weighted by molar-refractivity contribution is 7.89. The Kier molecular flexibility index (Phi) is 10.6. The number of carboxylic acid groups (broad SMARTS) is 1. The van der Waals surface area contributed by atoms with Crippen LogP contribution in [0.1, 0.15) is 17.0 Å². The molecule has 0 unspecified atom stereocenters. The molecule has 0 aromatic heterocycles. The molecular weight excluding hydrogens is 596 g/mol. The molecule has 0 bridgehead atoms. The van der Waals surface area contributed by atoms with Gasteiger partial charge in [0, 0.05) is 31.1 Å². The molecule has 0 heterocycles. The maximum Gasteiger partial charge on any atom is 0.410 e. The average Bonchev–Trinajstić information content (AvgIpc) is 3.32. The molecule has 4 rings (SSSR count). The molecule has 1 aliphatic carbocycles. The number of non-ortho nitro benzene ring substituents is 1. The zero-order chi connectivity index (χ0) is 31.7. The Hall–Kier alpha value is -4.86. The fourth-order valence-electron chi connectivity index (χ4n) is 4.71. The first-order valence-corrected chi connectivity index (χ1v) is 15.0. The van der Waals surface area contributed by atoms with Crippen molar-refractivity contribution >= 4 is 33.7 Å². The van der Waals surface area contributed by atoms with Crippen molar-refractivity contribution in [3.8, 4) is 11.1 Å². The van der Waals surface area contributed by atoms with Gasteiger partial charge < -0.3 is 19.9 Å². The van der Waals surface area contributed by atoms with Gasteiger partial charge in [-0.3, -0.25) is 24.6 Å². The molecule has 44 heavy (non-hydrogen) atoms. The lowest BCUT2D eigenvalue weighted by Crippen LogP contribution is -2.44. The van der Waals surface area contributed by atoms with Gasteiger partial charge in [-0.1, -0.05) is 48.5 Å². The highest BCUT2D eigenvalue weighted by Gasteiger charge is 2.30. The van der Waals surface area contributed by atoms with Crippen molar-refractivity contribution in [3.05, 3.63) is 94.0 Å².